The van der Waals surface area contributed by atoms with Crippen molar-refractivity contribution in [2.45, 2.75) is 20.8 Å². The number of aryl methyl sites for hydroxylation is 2. The second kappa shape index (κ2) is 6.85. The van der Waals surface area contributed by atoms with Gasteiger partial charge in [-0.05, 0) is 20.0 Å². The lowest BCUT2D eigenvalue weighted by Gasteiger charge is -1.87. The molecular weight excluding hydrogens is 150 g/mol. The average molecular weight is 169 g/mol. The largest absolute Gasteiger partial charge is 0.338 e. The van der Waals surface area contributed by atoms with Crippen LogP contribution in [0.3, 0.4) is 0 Å². The highest BCUT2D eigenvalue weighted by Crippen LogP contribution is 1.86. The highest BCUT2D eigenvalue weighted by Gasteiger charge is 1.83. The number of rotatable bonds is 2. The van der Waals surface area contributed by atoms with Crippen LogP contribution in [-0.2, 0) is 7.05 Å². The minimum absolute atomic E-state index is 1.06. The van der Waals surface area contributed by atoms with Crippen molar-refractivity contribution in [2.24, 2.45) is 7.05 Å². The fourth-order valence-corrected chi connectivity index (χ4v) is 0.690. The van der Waals surface area contributed by atoms with Crippen LogP contribution < -0.4 is 5.32 Å². The molecule has 3 heteroatoms. The molecule has 1 N–H and O–H groups in total. The van der Waals surface area contributed by atoms with Crippen LogP contribution in [0.15, 0.2) is 12.4 Å². The van der Waals surface area contributed by atoms with Gasteiger partial charge in [0.15, 0.2) is 0 Å². The Kier molecular flexibility index (Phi) is 6.38. The van der Waals surface area contributed by atoms with Crippen LogP contribution in [0.25, 0.3) is 0 Å². The minimum atomic E-state index is 1.06. The molecule has 0 fully saturated rings. The first kappa shape index (κ1) is 11.2. The number of nitrogens with one attached hydrogen (secondary N) is 1. The summed E-state index contributed by atoms with van der Waals surface area (Å²) in [4.78, 5) is 3.98. The Hall–Kier alpha value is -0.830. The summed E-state index contributed by atoms with van der Waals surface area (Å²) < 4.78 is 1.97. The second-order valence-corrected chi connectivity index (χ2v) is 2.54. The predicted molar refractivity (Wildman–Crippen MR) is 52.2 cm³/mol. The van der Waals surface area contributed by atoms with E-state index in [1.165, 1.54) is 0 Å². The summed E-state index contributed by atoms with van der Waals surface area (Å²) >= 11 is 0. The SMILES string of the molecule is CCNCC.Cc1nccn1C. The van der Waals surface area contributed by atoms with Crippen molar-refractivity contribution < 1.29 is 0 Å². The van der Waals surface area contributed by atoms with Gasteiger partial charge in [0.05, 0.1) is 0 Å². The van der Waals surface area contributed by atoms with E-state index in [1.807, 2.05) is 24.7 Å². The first-order valence-corrected chi connectivity index (χ1v) is 4.37. The van der Waals surface area contributed by atoms with Crippen LogP contribution in [-0.4, -0.2) is 22.6 Å². The lowest BCUT2D eigenvalue weighted by atomic mass is 10.7. The zero-order valence-electron chi connectivity index (χ0n) is 8.46. The zero-order valence-corrected chi connectivity index (χ0v) is 8.46. The summed E-state index contributed by atoms with van der Waals surface area (Å²) in [5.74, 6) is 1.06. The molecule has 0 aliphatic rings. The van der Waals surface area contributed by atoms with Gasteiger partial charge in [-0.25, -0.2) is 4.98 Å². The molecule has 1 aromatic rings. The molecule has 1 aromatic heterocycles. The van der Waals surface area contributed by atoms with Gasteiger partial charge in [0.2, 0.25) is 0 Å². The molecule has 0 aliphatic heterocycles. The third kappa shape index (κ3) is 4.91. The number of hydrogen-bond donors (Lipinski definition) is 1. The van der Waals surface area contributed by atoms with Crippen molar-refractivity contribution in [1.29, 1.82) is 0 Å². The maximum Gasteiger partial charge on any atom is 0.105 e. The summed E-state index contributed by atoms with van der Waals surface area (Å²) in [6.07, 6.45) is 3.71. The van der Waals surface area contributed by atoms with Crippen molar-refractivity contribution >= 4 is 0 Å². The Morgan fingerprint density at radius 2 is 2.00 bits per heavy atom. The standard InChI is InChI=1S/C5H8N2.C4H11N/c1-5-6-3-4-7(5)2;1-3-5-4-2/h3-4H,1-2H3;5H,3-4H2,1-2H3. The van der Waals surface area contributed by atoms with Crippen molar-refractivity contribution in [1.82, 2.24) is 14.9 Å². The van der Waals surface area contributed by atoms with Crippen molar-refractivity contribution in [3.8, 4) is 0 Å². The third-order valence-electron chi connectivity index (χ3n) is 1.56. The first-order chi connectivity index (χ1) is 5.72. The van der Waals surface area contributed by atoms with E-state index in [4.69, 9.17) is 0 Å². The topological polar surface area (TPSA) is 29.9 Å². The molecule has 1 rings (SSSR count). The van der Waals surface area contributed by atoms with Gasteiger partial charge in [0, 0.05) is 19.4 Å². The Balaban J connectivity index is 0.000000217. The summed E-state index contributed by atoms with van der Waals surface area (Å²) in [5, 5.41) is 3.11. The van der Waals surface area contributed by atoms with Gasteiger partial charge in [-0.3, -0.25) is 0 Å². The van der Waals surface area contributed by atoms with E-state index < -0.39 is 0 Å². The van der Waals surface area contributed by atoms with E-state index >= 15 is 0 Å². The van der Waals surface area contributed by atoms with Gasteiger partial charge < -0.3 is 9.88 Å². The van der Waals surface area contributed by atoms with Gasteiger partial charge in [0.1, 0.15) is 5.82 Å². The maximum absolute atomic E-state index is 3.98. The smallest absolute Gasteiger partial charge is 0.105 e. The van der Waals surface area contributed by atoms with Crippen molar-refractivity contribution in [3.63, 3.8) is 0 Å². The predicted octanol–water partition coefficient (Wildman–Crippen LogP) is 1.34. The highest BCUT2D eigenvalue weighted by molar-refractivity contribution is 4.85. The van der Waals surface area contributed by atoms with Gasteiger partial charge in [-0.1, -0.05) is 13.8 Å². The summed E-state index contributed by atoms with van der Waals surface area (Å²) in [6.45, 7) is 8.36. The molecule has 70 valence electrons. The Morgan fingerprint density at radius 3 is 2.08 bits per heavy atom. The van der Waals surface area contributed by atoms with E-state index in [1.54, 1.807) is 6.20 Å². The lowest BCUT2D eigenvalue weighted by Crippen LogP contribution is -2.09. The molecule has 0 aliphatic carbocycles. The molecule has 0 radical (unpaired) electrons. The molecule has 0 aromatic carbocycles. The lowest BCUT2D eigenvalue weighted by molar-refractivity contribution is 0.762. The van der Waals surface area contributed by atoms with E-state index in [0.717, 1.165) is 18.9 Å². The summed E-state index contributed by atoms with van der Waals surface area (Å²) in [6, 6.07) is 0. The zero-order chi connectivity index (χ0) is 9.40. The summed E-state index contributed by atoms with van der Waals surface area (Å²) in [5.41, 5.74) is 0. The molecule has 0 amide bonds. The van der Waals surface area contributed by atoms with Gasteiger partial charge in [0.25, 0.3) is 0 Å². The van der Waals surface area contributed by atoms with Crippen LogP contribution in [0.4, 0.5) is 0 Å². The van der Waals surface area contributed by atoms with Gasteiger partial charge >= 0.3 is 0 Å². The molecule has 0 saturated heterocycles. The van der Waals surface area contributed by atoms with Crippen LogP contribution in [0, 0.1) is 6.92 Å². The molecule has 0 bridgehead atoms. The van der Waals surface area contributed by atoms with Crippen LogP contribution in [0.2, 0.25) is 0 Å². The molecular formula is C9H19N3. The molecule has 3 nitrogen and oxygen atoms in total. The molecule has 0 unspecified atom stereocenters. The number of hydrogen-bond acceptors (Lipinski definition) is 2. The number of aromatic nitrogens is 2. The Morgan fingerprint density at radius 1 is 1.42 bits per heavy atom. The average Bonchev–Trinajstić information content (AvgIpc) is 2.39. The van der Waals surface area contributed by atoms with E-state index in [2.05, 4.69) is 24.1 Å². The van der Waals surface area contributed by atoms with Gasteiger partial charge in [-0.2, -0.15) is 0 Å². The van der Waals surface area contributed by atoms with Crippen LogP contribution in [0.1, 0.15) is 19.7 Å². The van der Waals surface area contributed by atoms with E-state index in [0.29, 0.717) is 0 Å². The van der Waals surface area contributed by atoms with Gasteiger partial charge in [-0.15, -0.1) is 0 Å². The maximum atomic E-state index is 3.98. The molecule has 0 saturated carbocycles. The Labute approximate surface area is 74.8 Å². The van der Waals surface area contributed by atoms with Crippen molar-refractivity contribution in [3.05, 3.63) is 18.2 Å². The quantitative estimate of drug-likeness (QED) is 0.724. The number of imidazole rings is 1. The van der Waals surface area contributed by atoms with E-state index in [9.17, 15) is 0 Å². The Bertz CT molecular complexity index is 175. The van der Waals surface area contributed by atoms with Crippen LogP contribution >= 0.6 is 0 Å². The molecule has 12 heavy (non-hydrogen) atoms. The fourth-order valence-electron chi connectivity index (χ4n) is 0.690. The number of nitrogens with zero attached hydrogens (tertiary/aromatic N) is 2. The van der Waals surface area contributed by atoms with Crippen molar-refractivity contribution in [2.75, 3.05) is 13.1 Å². The third-order valence-corrected chi connectivity index (χ3v) is 1.56. The fraction of sp³-hybridized carbons (Fsp3) is 0.667. The molecule has 0 spiro atoms. The molecule has 1 heterocycles. The monoisotopic (exact) mass is 169 g/mol. The highest BCUT2D eigenvalue weighted by atomic mass is 15.0. The van der Waals surface area contributed by atoms with Crippen LogP contribution in [0.5, 0.6) is 0 Å². The van der Waals surface area contributed by atoms with E-state index in [-0.39, 0.29) is 0 Å². The molecule has 0 atom stereocenters. The first-order valence-electron chi connectivity index (χ1n) is 4.37. The second-order valence-electron chi connectivity index (χ2n) is 2.54. The normalized spacial score (nSPS) is 9.00. The summed E-state index contributed by atoms with van der Waals surface area (Å²) in [7, 11) is 1.97. The minimum Gasteiger partial charge on any atom is -0.338 e.